The fraction of sp³-hybridized carbons (Fsp3) is 0.455. The average molecular weight is 287 g/mol. The quantitative estimate of drug-likeness (QED) is 0.832. The van der Waals surface area contributed by atoms with E-state index in [2.05, 4.69) is 5.32 Å². The summed E-state index contributed by atoms with van der Waals surface area (Å²) in [4.78, 5) is 0. The van der Waals surface area contributed by atoms with Gasteiger partial charge in [-0.3, -0.25) is 0 Å². The molecule has 0 saturated carbocycles. The SMILES string of the molecule is CCNc1ccc(C(F)(C(O)(F)F)C(F)(F)F)cc1. The molecule has 0 fully saturated rings. The van der Waals surface area contributed by atoms with E-state index in [4.69, 9.17) is 5.11 Å². The summed E-state index contributed by atoms with van der Waals surface area (Å²) < 4.78 is 76.5. The van der Waals surface area contributed by atoms with Crippen molar-refractivity contribution in [1.82, 2.24) is 0 Å². The number of hydrogen-bond acceptors (Lipinski definition) is 2. The Kier molecular flexibility index (Phi) is 4.04. The van der Waals surface area contributed by atoms with Crippen LogP contribution >= 0.6 is 0 Å². The Hall–Kier alpha value is -1.44. The van der Waals surface area contributed by atoms with Crippen LogP contribution in [0.5, 0.6) is 0 Å². The van der Waals surface area contributed by atoms with Crippen LogP contribution < -0.4 is 5.32 Å². The zero-order valence-corrected chi connectivity index (χ0v) is 9.73. The molecule has 0 heterocycles. The minimum Gasteiger partial charge on any atom is -0.385 e. The van der Waals surface area contributed by atoms with E-state index >= 15 is 0 Å². The highest BCUT2D eigenvalue weighted by atomic mass is 19.4. The minimum atomic E-state index is -5.95. The fourth-order valence-electron chi connectivity index (χ4n) is 1.53. The van der Waals surface area contributed by atoms with Gasteiger partial charge in [-0.15, -0.1) is 0 Å². The molecule has 0 saturated heterocycles. The number of halogens is 6. The molecule has 0 radical (unpaired) electrons. The number of alkyl halides is 6. The predicted octanol–water partition coefficient (Wildman–Crippen LogP) is 3.43. The van der Waals surface area contributed by atoms with E-state index in [9.17, 15) is 26.3 Å². The summed E-state index contributed by atoms with van der Waals surface area (Å²) in [6.07, 6.45) is -11.5. The molecule has 1 atom stereocenters. The zero-order chi connectivity index (χ0) is 14.9. The number of aliphatic hydroxyl groups is 1. The van der Waals surface area contributed by atoms with Crippen LogP contribution in [0, 0.1) is 0 Å². The first-order chi connectivity index (χ1) is 8.54. The molecule has 0 aliphatic rings. The number of benzene rings is 1. The van der Waals surface area contributed by atoms with Crippen LogP contribution in [0.1, 0.15) is 12.5 Å². The van der Waals surface area contributed by atoms with Crippen molar-refractivity contribution < 1.29 is 31.4 Å². The Balaban J connectivity index is 3.28. The summed E-state index contributed by atoms with van der Waals surface area (Å²) in [7, 11) is 0. The highest BCUT2D eigenvalue weighted by Gasteiger charge is 2.72. The molecule has 0 aliphatic heterocycles. The van der Waals surface area contributed by atoms with Crippen LogP contribution in [-0.2, 0) is 5.67 Å². The molecular formula is C11H11F6NO. The molecule has 19 heavy (non-hydrogen) atoms. The highest BCUT2D eigenvalue weighted by Crippen LogP contribution is 2.51. The number of hydrogen-bond donors (Lipinski definition) is 2. The highest BCUT2D eigenvalue weighted by molar-refractivity contribution is 5.46. The van der Waals surface area contributed by atoms with Gasteiger partial charge in [-0.1, -0.05) is 12.1 Å². The summed E-state index contributed by atoms with van der Waals surface area (Å²) in [5, 5.41) is 11.0. The first kappa shape index (κ1) is 15.6. The third kappa shape index (κ3) is 2.78. The van der Waals surface area contributed by atoms with Gasteiger partial charge < -0.3 is 10.4 Å². The average Bonchev–Trinajstić information content (AvgIpc) is 2.26. The summed E-state index contributed by atoms with van der Waals surface area (Å²) >= 11 is 0. The maximum absolute atomic E-state index is 13.7. The van der Waals surface area contributed by atoms with Crippen molar-refractivity contribution >= 4 is 5.69 Å². The molecule has 0 bridgehead atoms. The van der Waals surface area contributed by atoms with E-state index in [1.165, 1.54) is 0 Å². The van der Waals surface area contributed by atoms with E-state index in [0.717, 1.165) is 12.1 Å². The minimum absolute atomic E-state index is 0.344. The van der Waals surface area contributed by atoms with E-state index in [1.54, 1.807) is 6.92 Å². The second-order valence-corrected chi connectivity index (χ2v) is 3.81. The number of rotatable bonds is 4. The molecule has 8 heteroatoms. The standard InChI is InChI=1S/C11H11F6NO/c1-2-18-8-5-3-7(4-6-8)9(12,10(13,14)15)11(16,17)19/h3-6,18-19H,2H2,1H3. The van der Waals surface area contributed by atoms with Crippen LogP contribution in [-0.4, -0.2) is 23.9 Å². The van der Waals surface area contributed by atoms with E-state index in [0.29, 0.717) is 24.4 Å². The summed E-state index contributed by atoms with van der Waals surface area (Å²) in [6.45, 7) is 2.17. The number of anilines is 1. The maximum atomic E-state index is 13.7. The third-order valence-electron chi connectivity index (χ3n) is 2.47. The number of nitrogens with one attached hydrogen (secondary N) is 1. The van der Waals surface area contributed by atoms with E-state index in [1.807, 2.05) is 0 Å². The van der Waals surface area contributed by atoms with Gasteiger partial charge in [-0.25, -0.2) is 4.39 Å². The molecule has 2 N–H and O–H groups in total. The lowest BCUT2D eigenvalue weighted by molar-refractivity contribution is -0.375. The molecule has 0 aliphatic carbocycles. The second kappa shape index (κ2) is 4.92. The van der Waals surface area contributed by atoms with Gasteiger partial charge in [-0.2, -0.15) is 22.0 Å². The normalized spacial score (nSPS) is 16.0. The summed E-state index contributed by atoms with van der Waals surface area (Å²) in [6, 6.07) is 3.14. The topological polar surface area (TPSA) is 32.3 Å². The monoisotopic (exact) mass is 287 g/mol. The van der Waals surface area contributed by atoms with Crippen molar-refractivity contribution in [2.24, 2.45) is 0 Å². The van der Waals surface area contributed by atoms with Crippen LogP contribution in [0.4, 0.5) is 32.0 Å². The smallest absolute Gasteiger partial charge is 0.385 e. The molecule has 0 spiro atoms. The van der Waals surface area contributed by atoms with E-state index in [-0.39, 0.29) is 0 Å². The van der Waals surface area contributed by atoms with Crippen LogP contribution in [0.25, 0.3) is 0 Å². The lowest BCUT2D eigenvalue weighted by Gasteiger charge is -2.31. The first-order valence-corrected chi connectivity index (χ1v) is 5.24. The van der Waals surface area contributed by atoms with Crippen molar-refractivity contribution in [3.8, 4) is 0 Å². The molecule has 0 amide bonds. The maximum Gasteiger partial charge on any atom is 0.435 e. The van der Waals surface area contributed by atoms with Crippen molar-refractivity contribution in [2.75, 3.05) is 11.9 Å². The Morgan fingerprint density at radius 1 is 1.00 bits per heavy atom. The lowest BCUT2D eigenvalue weighted by atomic mass is 9.93. The summed E-state index contributed by atoms with van der Waals surface area (Å²) in [5.41, 5.74) is -6.17. The van der Waals surface area contributed by atoms with Crippen molar-refractivity contribution in [3.05, 3.63) is 29.8 Å². The molecule has 0 aromatic heterocycles. The van der Waals surface area contributed by atoms with Gasteiger partial charge in [0.25, 0.3) is 0 Å². The molecule has 2 nitrogen and oxygen atoms in total. The van der Waals surface area contributed by atoms with Gasteiger partial charge in [0.05, 0.1) is 0 Å². The lowest BCUT2D eigenvalue weighted by Crippen LogP contribution is -2.52. The van der Waals surface area contributed by atoms with Crippen molar-refractivity contribution in [1.29, 1.82) is 0 Å². The van der Waals surface area contributed by atoms with Gasteiger partial charge in [0.1, 0.15) is 0 Å². The van der Waals surface area contributed by atoms with Crippen LogP contribution in [0.3, 0.4) is 0 Å². The van der Waals surface area contributed by atoms with Gasteiger partial charge in [0.2, 0.25) is 0 Å². The van der Waals surface area contributed by atoms with Crippen LogP contribution in [0.2, 0.25) is 0 Å². The van der Waals surface area contributed by atoms with Gasteiger partial charge in [0, 0.05) is 17.8 Å². The van der Waals surface area contributed by atoms with Crippen molar-refractivity contribution in [2.45, 2.75) is 24.9 Å². The Morgan fingerprint density at radius 3 is 1.79 bits per heavy atom. The summed E-state index contributed by atoms with van der Waals surface area (Å²) in [5.74, 6) is 0. The third-order valence-corrected chi connectivity index (χ3v) is 2.47. The van der Waals surface area contributed by atoms with Crippen molar-refractivity contribution in [3.63, 3.8) is 0 Å². The van der Waals surface area contributed by atoms with Gasteiger partial charge in [-0.05, 0) is 19.1 Å². The predicted molar refractivity (Wildman–Crippen MR) is 56.6 cm³/mol. The molecule has 1 unspecified atom stereocenters. The molecule has 1 rings (SSSR count). The zero-order valence-electron chi connectivity index (χ0n) is 9.73. The Labute approximate surface area is 105 Å². The molecule has 1 aromatic carbocycles. The van der Waals surface area contributed by atoms with Crippen LogP contribution in [0.15, 0.2) is 24.3 Å². The van der Waals surface area contributed by atoms with Gasteiger partial charge >= 0.3 is 18.0 Å². The molecule has 108 valence electrons. The Morgan fingerprint density at radius 2 is 1.47 bits per heavy atom. The largest absolute Gasteiger partial charge is 0.435 e. The fourth-order valence-corrected chi connectivity index (χ4v) is 1.53. The van der Waals surface area contributed by atoms with E-state index < -0.39 is 23.5 Å². The molecular weight excluding hydrogens is 276 g/mol. The molecule has 1 aromatic rings. The Bertz CT molecular complexity index is 408. The van der Waals surface area contributed by atoms with Gasteiger partial charge in [0.15, 0.2) is 0 Å². The first-order valence-electron chi connectivity index (χ1n) is 5.24. The second-order valence-electron chi connectivity index (χ2n) is 3.81.